The third kappa shape index (κ3) is 2.28. The molecule has 15 heavy (non-hydrogen) atoms. The van der Waals surface area contributed by atoms with Gasteiger partial charge in [0.15, 0.2) is 6.29 Å². The van der Waals surface area contributed by atoms with E-state index < -0.39 is 0 Å². The normalized spacial score (nSPS) is 30.8. The molecule has 0 amide bonds. The molecular weight excluding hydrogens is 235 g/mol. The van der Waals surface area contributed by atoms with Crippen molar-refractivity contribution >= 4 is 23.2 Å². The lowest BCUT2D eigenvalue weighted by Gasteiger charge is -2.14. The summed E-state index contributed by atoms with van der Waals surface area (Å²) in [5.41, 5.74) is 0.929. The quantitative estimate of drug-likeness (QED) is 0.751. The van der Waals surface area contributed by atoms with Gasteiger partial charge in [0.2, 0.25) is 0 Å². The van der Waals surface area contributed by atoms with Crippen molar-refractivity contribution in [2.45, 2.75) is 32.3 Å². The molecule has 1 heterocycles. The van der Waals surface area contributed by atoms with Crippen LogP contribution in [0.4, 0.5) is 0 Å². The van der Waals surface area contributed by atoms with Crippen molar-refractivity contribution in [3.05, 3.63) is 33.8 Å². The van der Waals surface area contributed by atoms with E-state index in [1.165, 1.54) is 0 Å². The number of hydrogen-bond acceptors (Lipinski definition) is 2. The Morgan fingerprint density at radius 3 is 2.40 bits per heavy atom. The molecule has 3 atom stereocenters. The molecular formula is C11H12Cl2O2. The monoisotopic (exact) mass is 246 g/mol. The highest BCUT2D eigenvalue weighted by Crippen LogP contribution is 2.36. The molecule has 1 aliphatic rings. The summed E-state index contributed by atoms with van der Waals surface area (Å²) in [4.78, 5) is 0. The molecule has 0 bridgehead atoms. The molecule has 0 saturated carbocycles. The molecule has 2 nitrogen and oxygen atoms in total. The van der Waals surface area contributed by atoms with Crippen molar-refractivity contribution in [2.75, 3.05) is 0 Å². The minimum absolute atomic E-state index is 0.0127. The van der Waals surface area contributed by atoms with E-state index in [2.05, 4.69) is 0 Å². The predicted octanol–water partition coefficient (Wildman–Crippen LogP) is 3.82. The van der Waals surface area contributed by atoms with E-state index in [1.807, 2.05) is 26.0 Å². The maximum Gasteiger partial charge on any atom is 0.156 e. The van der Waals surface area contributed by atoms with Gasteiger partial charge in [-0.05, 0) is 26.0 Å². The fraction of sp³-hybridized carbons (Fsp3) is 0.455. The third-order valence-corrected chi connectivity index (χ3v) is 3.00. The van der Waals surface area contributed by atoms with E-state index in [-0.39, 0.29) is 18.5 Å². The van der Waals surface area contributed by atoms with Gasteiger partial charge >= 0.3 is 0 Å². The summed E-state index contributed by atoms with van der Waals surface area (Å²) in [6.45, 7) is 3.85. The number of benzene rings is 1. The van der Waals surface area contributed by atoms with Crippen LogP contribution < -0.4 is 0 Å². The van der Waals surface area contributed by atoms with Gasteiger partial charge in [-0.1, -0.05) is 29.3 Å². The minimum Gasteiger partial charge on any atom is -0.347 e. The Morgan fingerprint density at radius 1 is 1.13 bits per heavy atom. The number of ether oxygens (including phenoxy) is 2. The van der Waals surface area contributed by atoms with Gasteiger partial charge in [0.1, 0.15) is 6.10 Å². The molecule has 0 N–H and O–H groups in total. The predicted molar refractivity (Wildman–Crippen MR) is 60.3 cm³/mol. The zero-order chi connectivity index (χ0) is 11.0. The van der Waals surface area contributed by atoms with Crippen molar-refractivity contribution < 1.29 is 9.47 Å². The maximum atomic E-state index is 6.10. The van der Waals surface area contributed by atoms with Crippen molar-refractivity contribution in [1.82, 2.24) is 0 Å². The number of halogens is 2. The van der Waals surface area contributed by atoms with Gasteiger partial charge in [-0.15, -0.1) is 0 Å². The van der Waals surface area contributed by atoms with Gasteiger partial charge in [-0.3, -0.25) is 0 Å². The van der Waals surface area contributed by atoms with Gasteiger partial charge in [-0.25, -0.2) is 0 Å². The highest BCUT2D eigenvalue weighted by molar-refractivity contribution is 6.35. The molecule has 1 aromatic carbocycles. The summed E-state index contributed by atoms with van der Waals surface area (Å²) in [6.07, 6.45) is -0.278. The molecule has 1 fully saturated rings. The second kappa shape index (κ2) is 4.30. The molecule has 0 radical (unpaired) electrons. The maximum absolute atomic E-state index is 6.10. The Balaban J connectivity index is 2.29. The van der Waals surface area contributed by atoms with Crippen molar-refractivity contribution in [1.29, 1.82) is 0 Å². The van der Waals surface area contributed by atoms with E-state index in [9.17, 15) is 0 Å². The molecule has 82 valence electrons. The van der Waals surface area contributed by atoms with E-state index in [1.54, 1.807) is 6.07 Å². The zero-order valence-corrected chi connectivity index (χ0v) is 10.0. The van der Waals surface area contributed by atoms with E-state index in [4.69, 9.17) is 32.7 Å². The van der Waals surface area contributed by atoms with Crippen LogP contribution in [0.25, 0.3) is 0 Å². The van der Waals surface area contributed by atoms with Gasteiger partial charge in [-0.2, -0.15) is 0 Å². The van der Waals surface area contributed by atoms with Crippen LogP contribution in [0.1, 0.15) is 25.5 Å². The average molecular weight is 247 g/mol. The molecule has 0 aromatic heterocycles. The summed E-state index contributed by atoms with van der Waals surface area (Å²) < 4.78 is 11.1. The summed E-state index contributed by atoms with van der Waals surface area (Å²) in [5.74, 6) is 0. The Labute approximate surface area is 99.1 Å². The standard InChI is InChI=1S/C11H12Cl2O2/c1-6-11(15-7(2)14-6)9-4-3-8(12)5-10(9)13/h3-7,11H,1-2H3/t6-,7?,11+/m1/s1. The fourth-order valence-electron chi connectivity index (χ4n) is 1.78. The number of hydrogen-bond donors (Lipinski definition) is 0. The summed E-state index contributed by atoms with van der Waals surface area (Å²) in [6, 6.07) is 5.41. The van der Waals surface area contributed by atoms with Gasteiger partial charge in [0, 0.05) is 15.6 Å². The van der Waals surface area contributed by atoms with E-state index in [0.29, 0.717) is 10.0 Å². The second-order valence-corrected chi connectivity index (χ2v) is 4.47. The van der Waals surface area contributed by atoms with Crippen LogP contribution in [0.15, 0.2) is 18.2 Å². The lowest BCUT2D eigenvalue weighted by Crippen LogP contribution is -2.10. The number of rotatable bonds is 1. The zero-order valence-electron chi connectivity index (χ0n) is 8.54. The first-order valence-corrected chi connectivity index (χ1v) is 5.59. The van der Waals surface area contributed by atoms with Crippen LogP contribution in [0.3, 0.4) is 0 Å². The summed E-state index contributed by atoms with van der Waals surface area (Å²) in [7, 11) is 0. The topological polar surface area (TPSA) is 18.5 Å². The first-order valence-electron chi connectivity index (χ1n) is 4.84. The molecule has 4 heteroatoms. The molecule has 2 rings (SSSR count). The highest BCUT2D eigenvalue weighted by Gasteiger charge is 2.32. The van der Waals surface area contributed by atoms with Gasteiger partial charge in [0.25, 0.3) is 0 Å². The third-order valence-electron chi connectivity index (χ3n) is 2.44. The average Bonchev–Trinajstić information content (AvgIpc) is 2.45. The Hall–Kier alpha value is -0.280. The lowest BCUT2D eigenvalue weighted by atomic mass is 10.1. The van der Waals surface area contributed by atoms with E-state index >= 15 is 0 Å². The van der Waals surface area contributed by atoms with Gasteiger partial charge in [0.05, 0.1) is 6.10 Å². The van der Waals surface area contributed by atoms with Crippen LogP contribution in [0.2, 0.25) is 10.0 Å². The lowest BCUT2D eigenvalue weighted by molar-refractivity contribution is -0.0494. The van der Waals surface area contributed by atoms with Crippen LogP contribution in [0.5, 0.6) is 0 Å². The Morgan fingerprint density at radius 2 is 1.87 bits per heavy atom. The van der Waals surface area contributed by atoms with Crippen molar-refractivity contribution in [3.8, 4) is 0 Å². The SMILES string of the molecule is CC1O[C@H](c2ccc(Cl)cc2Cl)[C@@H](C)O1. The summed E-state index contributed by atoms with van der Waals surface area (Å²) in [5, 5.41) is 1.25. The minimum atomic E-state index is -0.184. The molecule has 0 spiro atoms. The van der Waals surface area contributed by atoms with Crippen molar-refractivity contribution in [3.63, 3.8) is 0 Å². The van der Waals surface area contributed by atoms with E-state index in [0.717, 1.165) is 5.56 Å². The summed E-state index contributed by atoms with van der Waals surface area (Å²) >= 11 is 11.9. The fourth-order valence-corrected chi connectivity index (χ4v) is 2.30. The molecule has 1 aromatic rings. The smallest absolute Gasteiger partial charge is 0.156 e. The first-order chi connectivity index (χ1) is 7.08. The largest absolute Gasteiger partial charge is 0.347 e. The molecule has 0 aliphatic carbocycles. The Bertz CT molecular complexity index is 368. The van der Waals surface area contributed by atoms with Crippen LogP contribution >= 0.6 is 23.2 Å². The van der Waals surface area contributed by atoms with Crippen LogP contribution in [-0.4, -0.2) is 12.4 Å². The first kappa shape index (κ1) is 11.2. The molecule has 1 aliphatic heterocycles. The van der Waals surface area contributed by atoms with Crippen LogP contribution in [-0.2, 0) is 9.47 Å². The van der Waals surface area contributed by atoms with Gasteiger partial charge < -0.3 is 9.47 Å². The molecule has 1 saturated heterocycles. The highest BCUT2D eigenvalue weighted by atomic mass is 35.5. The Kier molecular flexibility index (Phi) is 3.21. The van der Waals surface area contributed by atoms with Crippen molar-refractivity contribution in [2.24, 2.45) is 0 Å². The van der Waals surface area contributed by atoms with Crippen LogP contribution in [0, 0.1) is 0 Å². The molecule has 1 unspecified atom stereocenters. The second-order valence-electron chi connectivity index (χ2n) is 3.63.